The number of carbonyl (C=O) groups excluding carboxylic acids is 1. The van der Waals surface area contributed by atoms with Gasteiger partial charge in [-0.05, 0) is 74.3 Å². The number of nitrogens with one attached hydrogen (secondary N) is 2. The molecule has 6 rings (SSSR count). The van der Waals surface area contributed by atoms with E-state index in [1.165, 1.54) is 0 Å². The van der Waals surface area contributed by atoms with Crippen molar-refractivity contribution in [2.45, 2.75) is 96.7 Å². The topological polar surface area (TPSA) is 133 Å². The molecule has 2 saturated heterocycles. The van der Waals surface area contributed by atoms with E-state index >= 15 is 0 Å². The number of fused-ring (bicyclic) bond motifs is 1. The van der Waals surface area contributed by atoms with Crippen LogP contribution in [0.15, 0.2) is 35.3 Å². The van der Waals surface area contributed by atoms with Gasteiger partial charge < -0.3 is 29.9 Å². The summed E-state index contributed by atoms with van der Waals surface area (Å²) in [4.78, 5) is 45.3. The number of hydrogen-bond donors (Lipinski definition) is 3. The van der Waals surface area contributed by atoms with Gasteiger partial charge in [0.1, 0.15) is 5.39 Å². The minimum absolute atomic E-state index is 0.0193. The molecule has 4 heterocycles. The quantitative estimate of drug-likeness (QED) is 0.326. The number of ether oxygens (including phenoxy) is 1. The van der Waals surface area contributed by atoms with Gasteiger partial charge in [-0.25, -0.2) is 4.79 Å². The van der Waals surface area contributed by atoms with Crippen molar-refractivity contribution >= 4 is 34.4 Å². The van der Waals surface area contributed by atoms with Gasteiger partial charge in [0.2, 0.25) is 0 Å². The molecule has 2 amide bonds. The molecule has 3 fully saturated rings. The molecule has 2 aromatic heterocycles. The number of H-pyrrole nitrogens is 1. The minimum atomic E-state index is -0.910. The smallest absolute Gasteiger partial charge is 0.407 e. The third kappa shape index (κ3) is 5.60. The van der Waals surface area contributed by atoms with Crippen molar-refractivity contribution in [3.8, 4) is 0 Å². The number of carboxylic acid groups (broad SMARTS) is 1. The Morgan fingerprint density at radius 1 is 1.16 bits per heavy atom. The zero-order chi connectivity index (χ0) is 32.1. The highest BCUT2D eigenvalue weighted by molar-refractivity contribution is 5.97. The fourth-order valence-corrected chi connectivity index (χ4v) is 7.88. The lowest BCUT2D eigenvalue weighted by atomic mass is 9.72. The lowest BCUT2D eigenvalue weighted by molar-refractivity contribution is -0.0948. The lowest BCUT2D eigenvalue weighted by Crippen LogP contribution is -2.57. The molecule has 1 aliphatic carbocycles. The van der Waals surface area contributed by atoms with Crippen molar-refractivity contribution in [3.05, 3.63) is 51.9 Å². The van der Waals surface area contributed by atoms with Gasteiger partial charge in [-0.1, -0.05) is 40.5 Å². The number of aryl methyl sites for hydroxylation is 1. The van der Waals surface area contributed by atoms with Gasteiger partial charge >= 0.3 is 6.09 Å². The molecule has 3 N–H and O–H groups in total. The Bertz CT molecular complexity index is 1670. The molecule has 11 nitrogen and oxygen atoms in total. The normalized spacial score (nSPS) is 23.5. The molecule has 3 aromatic rings. The van der Waals surface area contributed by atoms with E-state index in [0.29, 0.717) is 61.4 Å². The molecule has 11 heteroatoms. The maximum Gasteiger partial charge on any atom is 0.407 e. The van der Waals surface area contributed by atoms with Crippen LogP contribution in [-0.4, -0.2) is 79.6 Å². The predicted octanol–water partition coefficient (Wildman–Crippen LogP) is 5.86. The number of anilines is 2. The van der Waals surface area contributed by atoms with Crippen molar-refractivity contribution < 1.29 is 19.4 Å². The summed E-state index contributed by atoms with van der Waals surface area (Å²) in [7, 11) is 0. The van der Waals surface area contributed by atoms with Crippen molar-refractivity contribution in [3.63, 3.8) is 0 Å². The molecular weight excluding hydrogens is 572 g/mol. The second kappa shape index (κ2) is 11.5. The molecule has 0 bridgehead atoms. The van der Waals surface area contributed by atoms with Crippen LogP contribution in [0.3, 0.4) is 0 Å². The average Bonchev–Trinajstić information content (AvgIpc) is 3.61. The zero-order valence-corrected chi connectivity index (χ0v) is 27.1. The first-order chi connectivity index (χ1) is 21.4. The van der Waals surface area contributed by atoms with Crippen LogP contribution in [0.1, 0.15) is 88.6 Å². The van der Waals surface area contributed by atoms with E-state index in [4.69, 9.17) is 9.84 Å². The first-order valence-corrected chi connectivity index (χ1v) is 16.3. The van der Waals surface area contributed by atoms with E-state index in [1.54, 1.807) is 11.1 Å². The number of rotatable bonds is 5. The standard InChI is InChI=1S/C34H46N6O5/c1-6-33(14-16-39(31(43)44)26(20-33)32(3,4)5)40-25-11-15-35-29(41)27(25)28(37-40)36-23-9-10-24(22(2)19-23)30(42)38-17-18-45-34(21-38)12-7-8-13-34/h9-11,15,19,26H,6-8,12-14,16-18,20-21H2,1-5H3,(H,35,41)(H,36,37)(H,43,44). The third-order valence-corrected chi connectivity index (χ3v) is 10.5. The molecule has 2 unspecified atom stereocenters. The molecule has 1 spiro atoms. The summed E-state index contributed by atoms with van der Waals surface area (Å²) in [5.74, 6) is 0.452. The van der Waals surface area contributed by atoms with Crippen LogP contribution in [0.5, 0.6) is 0 Å². The highest BCUT2D eigenvalue weighted by Gasteiger charge is 2.47. The van der Waals surface area contributed by atoms with Crippen LogP contribution in [0.25, 0.3) is 10.9 Å². The highest BCUT2D eigenvalue weighted by Crippen LogP contribution is 2.44. The summed E-state index contributed by atoms with van der Waals surface area (Å²) in [5, 5.41) is 18.8. The predicted molar refractivity (Wildman–Crippen MR) is 173 cm³/mol. The number of morpholine rings is 1. The molecular formula is C34H46N6O5. The van der Waals surface area contributed by atoms with E-state index in [-0.39, 0.29) is 28.5 Å². The molecule has 0 radical (unpaired) electrons. The molecule has 3 aliphatic rings. The highest BCUT2D eigenvalue weighted by atomic mass is 16.5. The first kappa shape index (κ1) is 31.1. The number of pyridine rings is 1. The number of carbonyl (C=O) groups is 2. The van der Waals surface area contributed by atoms with Crippen LogP contribution in [-0.2, 0) is 10.3 Å². The minimum Gasteiger partial charge on any atom is -0.465 e. The second-order valence-corrected chi connectivity index (χ2v) is 14.3. The summed E-state index contributed by atoms with van der Waals surface area (Å²) in [6.07, 6.45) is 6.93. The van der Waals surface area contributed by atoms with Crippen LogP contribution in [0.2, 0.25) is 0 Å². The largest absolute Gasteiger partial charge is 0.465 e. The van der Waals surface area contributed by atoms with Crippen LogP contribution >= 0.6 is 0 Å². The van der Waals surface area contributed by atoms with Gasteiger partial charge in [-0.2, -0.15) is 5.10 Å². The van der Waals surface area contributed by atoms with Gasteiger partial charge in [0, 0.05) is 36.6 Å². The van der Waals surface area contributed by atoms with Crippen LogP contribution in [0, 0.1) is 12.3 Å². The Kier molecular flexibility index (Phi) is 7.95. The summed E-state index contributed by atoms with van der Waals surface area (Å²) >= 11 is 0. The molecule has 45 heavy (non-hydrogen) atoms. The molecule has 2 atom stereocenters. The zero-order valence-electron chi connectivity index (χ0n) is 27.1. The summed E-state index contributed by atoms with van der Waals surface area (Å²) in [6.45, 7) is 12.4. The number of aromatic nitrogens is 3. The second-order valence-electron chi connectivity index (χ2n) is 14.3. The Labute approximate surface area is 263 Å². The Hall–Kier alpha value is -3.86. The maximum absolute atomic E-state index is 13.6. The van der Waals surface area contributed by atoms with E-state index in [9.17, 15) is 19.5 Å². The van der Waals surface area contributed by atoms with Gasteiger partial charge in [0.15, 0.2) is 5.82 Å². The number of hydrogen-bond acceptors (Lipinski definition) is 6. The molecule has 2 aliphatic heterocycles. The number of aromatic amines is 1. The summed E-state index contributed by atoms with van der Waals surface area (Å²) in [5.41, 5.74) is 1.74. The fraction of sp³-hybridized carbons (Fsp3) is 0.588. The third-order valence-electron chi connectivity index (χ3n) is 10.5. The molecule has 242 valence electrons. The summed E-state index contributed by atoms with van der Waals surface area (Å²) < 4.78 is 8.09. The van der Waals surface area contributed by atoms with Crippen molar-refractivity contribution in [2.75, 3.05) is 31.6 Å². The number of nitrogens with zero attached hydrogens (tertiary/aromatic N) is 4. The monoisotopic (exact) mass is 618 g/mol. The number of benzene rings is 1. The Balaban J connectivity index is 1.31. The van der Waals surface area contributed by atoms with E-state index < -0.39 is 11.6 Å². The first-order valence-electron chi connectivity index (χ1n) is 16.3. The van der Waals surface area contributed by atoms with Gasteiger partial charge in [0.05, 0.1) is 29.8 Å². The lowest BCUT2D eigenvalue weighted by Gasteiger charge is -2.50. The SMILES string of the molecule is CCC1(n2nc(Nc3ccc(C(=O)N4CCOC5(CCCC5)C4)c(C)c3)c3c(=O)[nH]ccc32)CCN(C(=O)O)C(C(C)(C)C)C1. The Morgan fingerprint density at radius 2 is 1.91 bits per heavy atom. The van der Waals surface area contributed by atoms with Crippen LogP contribution in [0.4, 0.5) is 16.3 Å². The van der Waals surface area contributed by atoms with Crippen LogP contribution < -0.4 is 10.9 Å². The van der Waals surface area contributed by atoms with Crippen molar-refractivity contribution in [1.29, 1.82) is 0 Å². The van der Waals surface area contributed by atoms with Crippen molar-refractivity contribution in [1.82, 2.24) is 24.6 Å². The van der Waals surface area contributed by atoms with E-state index in [0.717, 1.165) is 43.4 Å². The van der Waals surface area contributed by atoms with Gasteiger partial charge in [-0.15, -0.1) is 0 Å². The number of amides is 2. The van der Waals surface area contributed by atoms with E-state index in [1.807, 2.05) is 40.8 Å². The number of likely N-dealkylation sites (tertiary alicyclic amines) is 1. The van der Waals surface area contributed by atoms with Crippen molar-refractivity contribution in [2.24, 2.45) is 5.41 Å². The fourth-order valence-electron chi connectivity index (χ4n) is 7.88. The summed E-state index contributed by atoms with van der Waals surface area (Å²) in [6, 6.07) is 7.30. The molecule has 1 aromatic carbocycles. The van der Waals surface area contributed by atoms with Gasteiger partial charge in [-0.3, -0.25) is 14.3 Å². The number of piperidine rings is 1. The Morgan fingerprint density at radius 3 is 2.58 bits per heavy atom. The average molecular weight is 619 g/mol. The molecule has 1 saturated carbocycles. The van der Waals surface area contributed by atoms with E-state index in [2.05, 4.69) is 38.0 Å². The maximum atomic E-state index is 13.6. The van der Waals surface area contributed by atoms with Gasteiger partial charge in [0.25, 0.3) is 11.5 Å².